The van der Waals surface area contributed by atoms with Gasteiger partial charge in [0.25, 0.3) is 0 Å². The van der Waals surface area contributed by atoms with Crippen LogP contribution in [0.3, 0.4) is 0 Å². The van der Waals surface area contributed by atoms with E-state index in [1.54, 1.807) is 6.20 Å². The third-order valence-electron chi connectivity index (χ3n) is 1.37. The summed E-state index contributed by atoms with van der Waals surface area (Å²) in [6.07, 6.45) is 1.82. The van der Waals surface area contributed by atoms with Crippen molar-refractivity contribution in [3.05, 3.63) is 16.0 Å². The summed E-state index contributed by atoms with van der Waals surface area (Å²) in [6, 6.07) is 1.95. The number of aromatic nitrogens is 2. The smallest absolute Gasteiger partial charge is 0.148 e. The van der Waals surface area contributed by atoms with Gasteiger partial charge >= 0.3 is 0 Å². The molecule has 1 aromatic rings. The Balaban J connectivity index is 2.67. The van der Waals surface area contributed by atoms with E-state index in [0.717, 1.165) is 10.3 Å². The van der Waals surface area contributed by atoms with Crippen molar-refractivity contribution in [1.29, 1.82) is 0 Å². The molecule has 0 aliphatic heterocycles. The number of hydrogen-bond acceptors (Lipinski definition) is 2. The summed E-state index contributed by atoms with van der Waals surface area (Å²) in [5.74, 6) is 0. The summed E-state index contributed by atoms with van der Waals surface area (Å²) in [6.45, 7) is 4.68. The molecule has 1 atom stereocenters. The molecule has 0 spiro atoms. The zero-order chi connectivity index (χ0) is 8.27. The van der Waals surface area contributed by atoms with Gasteiger partial charge in [-0.2, -0.15) is 5.10 Å². The van der Waals surface area contributed by atoms with Crippen molar-refractivity contribution in [2.24, 2.45) is 0 Å². The number of hydrogen-bond donors (Lipinski definition) is 0. The van der Waals surface area contributed by atoms with Gasteiger partial charge in [-0.1, -0.05) is 0 Å². The molecule has 0 saturated carbocycles. The van der Waals surface area contributed by atoms with Crippen LogP contribution >= 0.6 is 22.6 Å². The molecule has 0 saturated heterocycles. The van der Waals surface area contributed by atoms with E-state index < -0.39 is 0 Å². The highest BCUT2D eigenvalue weighted by Crippen LogP contribution is 2.11. The minimum Gasteiger partial charge on any atom is -0.357 e. The van der Waals surface area contributed by atoms with Crippen LogP contribution < -0.4 is 0 Å². The molecule has 0 N–H and O–H groups in total. The molecule has 62 valence electrons. The van der Waals surface area contributed by atoms with Gasteiger partial charge in [-0.3, -0.25) is 0 Å². The molecule has 4 heteroatoms. The molecule has 1 heterocycles. The van der Waals surface area contributed by atoms with E-state index in [-0.39, 0.29) is 6.23 Å². The van der Waals surface area contributed by atoms with Gasteiger partial charge in [-0.05, 0) is 42.5 Å². The van der Waals surface area contributed by atoms with Gasteiger partial charge in [-0.15, -0.1) is 0 Å². The zero-order valence-corrected chi connectivity index (χ0v) is 8.78. The van der Waals surface area contributed by atoms with E-state index in [0.29, 0.717) is 0 Å². The quantitative estimate of drug-likeness (QED) is 0.783. The van der Waals surface area contributed by atoms with E-state index in [1.165, 1.54) is 0 Å². The molecule has 1 aromatic heterocycles. The summed E-state index contributed by atoms with van der Waals surface area (Å²) in [5, 5.41) is 4.12. The number of ether oxygens (including phenoxy) is 1. The number of rotatable bonds is 3. The van der Waals surface area contributed by atoms with Crippen molar-refractivity contribution < 1.29 is 4.74 Å². The first-order chi connectivity index (χ1) is 5.25. The Morgan fingerprint density at radius 3 is 3.00 bits per heavy atom. The minimum absolute atomic E-state index is 0.0434. The van der Waals surface area contributed by atoms with Crippen LogP contribution in [0.25, 0.3) is 0 Å². The maximum absolute atomic E-state index is 5.36. The van der Waals surface area contributed by atoms with Crippen molar-refractivity contribution in [2.75, 3.05) is 6.61 Å². The maximum Gasteiger partial charge on any atom is 0.148 e. The Morgan fingerprint density at radius 2 is 2.55 bits per heavy atom. The van der Waals surface area contributed by atoms with Crippen LogP contribution in [0.2, 0.25) is 0 Å². The molecule has 1 rings (SSSR count). The molecule has 0 fully saturated rings. The van der Waals surface area contributed by atoms with Crippen LogP contribution in [-0.4, -0.2) is 16.4 Å². The number of nitrogens with zero attached hydrogens (tertiary/aromatic N) is 2. The van der Waals surface area contributed by atoms with Gasteiger partial charge in [0.2, 0.25) is 0 Å². The third kappa shape index (κ3) is 2.16. The molecule has 0 amide bonds. The van der Waals surface area contributed by atoms with Crippen LogP contribution in [0.1, 0.15) is 20.1 Å². The lowest BCUT2D eigenvalue weighted by Gasteiger charge is -2.12. The van der Waals surface area contributed by atoms with Crippen molar-refractivity contribution in [3.8, 4) is 0 Å². The van der Waals surface area contributed by atoms with Crippen molar-refractivity contribution in [2.45, 2.75) is 20.1 Å². The Labute approximate surface area is 79.9 Å². The van der Waals surface area contributed by atoms with Gasteiger partial charge in [0.15, 0.2) is 0 Å². The SMILES string of the molecule is CCOC(C)n1nccc1I. The first-order valence-electron chi connectivity index (χ1n) is 3.56. The molecule has 1 unspecified atom stereocenters. The fourth-order valence-corrected chi connectivity index (χ4v) is 1.56. The van der Waals surface area contributed by atoms with E-state index in [1.807, 2.05) is 24.6 Å². The lowest BCUT2D eigenvalue weighted by Crippen LogP contribution is -2.11. The Kier molecular flexibility index (Phi) is 3.32. The summed E-state index contributed by atoms with van der Waals surface area (Å²) in [5.41, 5.74) is 0. The highest BCUT2D eigenvalue weighted by Gasteiger charge is 2.06. The first-order valence-corrected chi connectivity index (χ1v) is 4.64. The highest BCUT2D eigenvalue weighted by molar-refractivity contribution is 14.1. The molecule has 0 radical (unpaired) electrons. The fourth-order valence-electron chi connectivity index (χ4n) is 0.878. The molecule has 3 nitrogen and oxygen atoms in total. The van der Waals surface area contributed by atoms with Crippen molar-refractivity contribution in [3.63, 3.8) is 0 Å². The van der Waals surface area contributed by atoms with Crippen molar-refractivity contribution in [1.82, 2.24) is 9.78 Å². The summed E-state index contributed by atoms with van der Waals surface area (Å²) >= 11 is 2.23. The Morgan fingerprint density at radius 1 is 1.82 bits per heavy atom. The first kappa shape index (κ1) is 8.99. The molecule has 0 aromatic carbocycles. The fraction of sp³-hybridized carbons (Fsp3) is 0.571. The Bertz CT molecular complexity index is 224. The molecule has 0 bridgehead atoms. The predicted molar refractivity (Wildman–Crippen MR) is 51.3 cm³/mol. The maximum atomic E-state index is 5.36. The van der Waals surface area contributed by atoms with E-state index in [2.05, 4.69) is 27.7 Å². The van der Waals surface area contributed by atoms with Crippen LogP contribution in [0.5, 0.6) is 0 Å². The van der Waals surface area contributed by atoms with Gasteiger partial charge in [0.05, 0.1) is 6.20 Å². The van der Waals surface area contributed by atoms with Crippen LogP contribution in [0.15, 0.2) is 12.3 Å². The van der Waals surface area contributed by atoms with E-state index in [4.69, 9.17) is 4.74 Å². The number of halogens is 1. The second kappa shape index (κ2) is 4.06. The molecule has 11 heavy (non-hydrogen) atoms. The minimum atomic E-state index is 0.0434. The second-order valence-electron chi connectivity index (χ2n) is 2.15. The molecular formula is C7H11IN2O. The molecule has 0 aliphatic rings. The van der Waals surface area contributed by atoms with Gasteiger partial charge in [0.1, 0.15) is 9.93 Å². The summed E-state index contributed by atoms with van der Waals surface area (Å²) in [7, 11) is 0. The van der Waals surface area contributed by atoms with Gasteiger partial charge in [-0.25, -0.2) is 4.68 Å². The molecule has 0 aliphatic carbocycles. The van der Waals surface area contributed by atoms with Gasteiger partial charge in [0, 0.05) is 6.61 Å². The molecular weight excluding hydrogens is 255 g/mol. The average Bonchev–Trinajstić information content (AvgIpc) is 2.36. The van der Waals surface area contributed by atoms with E-state index in [9.17, 15) is 0 Å². The predicted octanol–water partition coefficient (Wildman–Crippen LogP) is 2.04. The monoisotopic (exact) mass is 266 g/mol. The average molecular weight is 266 g/mol. The van der Waals surface area contributed by atoms with Crippen LogP contribution in [-0.2, 0) is 4.74 Å². The topological polar surface area (TPSA) is 27.1 Å². The lowest BCUT2D eigenvalue weighted by atomic mass is 10.6. The lowest BCUT2D eigenvalue weighted by molar-refractivity contribution is 0.0141. The Hall–Kier alpha value is -0.100. The zero-order valence-electron chi connectivity index (χ0n) is 6.62. The third-order valence-corrected chi connectivity index (χ3v) is 2.23. The summed E-state index contributed by atoms with van der Waals surface area (Å²) < 4.78 is 8.31. The largest absolute Gasteiger partial charge is 0.357 e. The van der Waals surface area contributed by atoms with Gasteiger partial charge < -0.3 is 4.74 Å². The summed E-state index contributed by atoms with van der Waals surface area (Å²) in [4.78, 5) is 0. The van der Waals surface area contributed by atoms with Crippen LogP contribution in [0.4, 0.5) is 0 Å². The normalized spacial score (nSPS) is 13.4. The van der Waals surface area contributed by atoms with E-state index >= 15 is 0 Å². The van der Waals surface area contributed by atoms with Crippen LogP contribution in [0, 0.1) is 3.70 Å². The highest BCUT2D eigenvalue weighted by atomic mass is 127. The van der Waals surface area contributed by atoms with Crippen molar-refractivity contribution >= 4 is 22.6 Å². The standard InChI is InChI=1S/C7H11IN2O/c1-3-11-6(2)10-7(8)4-5-9-10/h4-6H,3H2,1-2H3. The second-order valence-corrected chi connectivity index (χ2v) is 3.26.